The fourth-order valence-electron chi connectivity index (χ4n) is 2.80. The predicted molar refractivity (Wildman–Crippen MR) is 110 cm³/mol. The molecule has 2 N–H and O–H groups in total. The van der Waals surface area contributed by atoms with Gasteiger partial charge in [0.05, 0.1) is 11.6 Å². The van der Waals surface area contributed by atoms with Gasteiger partial charge in [0.25, 0.3) is 0 Å². The van der Waals surface area contributed by atoms with E-state index >= 15 is 0 Å². The first-order valence-electron chi connectivity index (χ1n) is 8.85. The van der Waals surface area contributed by atoms with Crippen molar-refractivity contribution in [3.05, 3.63) is 82.4 Å². The molecule has 140 valence electrons. The Morgan fingerprint density at radius 1 is 1.15 bits per heavy atom. The number of aliphatic imine (C=N–C) groups is 1. The van der Waals surface area contributed by atoms with E-state index in [1.54, 1.807) is 6.92 Å². The van der Waals surface area contributed by atoms with E-state index in [-0.39, 0.29) is 5.97 Å². The maximum atomic E-state index is 12.6. The topological polar surface area (TPSA) is 62.7 Å². The lowest BCUT2D eigenvalue weighted by atomic mass is 10.1. The first-order valence-corrected chi connectivity index (χ1v) is 10.1. The van der Waals surface area contributed by atoms with E-state index in [4.69, 9.17) is 9.73 Å². The van der Waals surface area contributed by atoms with E-state index in [1.807, 2.05) is 66.9 Å². The van der Waals surface area contributed by atoms with Crippen LogP contribution in [-0.4, -0.2) is 30.8 Å². The van der Waals surface area contributed by atoms with Crippen molar-refractivity contribution in [3.63, 3.8) is 0 Å². The van der Waals surface area contributed by atoms with Gasteiger partial charge in [0.15, 0.2) is 0 Å². The van der Waals surface area contributed by atoms with Crippen molar-refractivity contribution in [2.45, 2.75) is 19.6 Å². The lowest BCUT2D eigenvalue weighted by Crippen LogP contribution is -2.42. The maximum absolute atomic E-state index is 12.6. The van der Waals surface area contributed by atoms with Crippen molar-refractivity contribution in [2.75, 3.05) is 12.9 Å². The first-order chi connectivity index (χ1) is 13.2. The number of amidine groups is 1. The summed E-state index contributed by atoms with van der Waals surface area (Å²) in [6.45, 7) is 2.73. The molecule has 0 amide bonds. The molecule has 0 saturated heterocycles. The standard InChI is InChI=1S/C21H23N3O2S/c1-3-26-21(25)17-19(22-14-15-10-6-4-7-11-15)23-18(24-20(17)27-2)16-12-8-5-9-13-16/h4-13,19,22H,3,14H2,1-2H3,(H,23,24). The summed E-state index contributed by atoms with van der Waals surface area (Å²) < 4.78 is 5.28. The van der Waals surface area contributed by atoms with Gasteiger partial charge in [-0.15, -0.1) is 11.8 Å². The number of benzene rings is 2. The van der Waals surface area contributed by atoms with E-state index in [1.165, 1.54) is 11.8 Å². The second-order valence-corrected chi connectivity index (χ2v) is 6.72. The zero-order chi connectivity index (χ0) is 19.1. The van der Waals surface area contributed by atoms with Crippen molar-refractivity contribution >= 4 is 23.6 Å². The van der Waals surface area contributed by atoms with Gasteiger partial charge in [-0.3, -0.25) is 5.32 Å². The van der Waals surface area contributed by atoms with E-state index in [9.17, 15) is 4.79 Å². The number of nitrogens with zero attached hydrogens (tertiary/aromatic N) is 1. The summed E-state index contributed by atoms with van der Waals surface area (Å²) in [5.41, 5.74) is 2.61. The summed E-state index contributed by atoms with van der Waals surface area (Å²) in [6, 6.07) is 19.9. The lowest BCUT2D eigenvalue weighted by molar-refractivity contribution is -0.139. The molecule has 0 saturated carbocycles. The number of esters is 1. The van der Waals surface area contributed by atoms with Crippen molar-refractivity contribution in [1.82, 2.24) is 10.6 Å². The fourth-order valence-corrected chi connectivity index (χ4v) is 3.41. The van der Waals surface area contributed by atoms with Crippen molar-refractivity contribution < 1.29 is 9.53 Å². The molecule has 1 atom stereocenters. The van der Waals surface area contributed by atoms with Crippen molar-refractivity contribution in [2.24, 2.45) is 4.99 Å². The third-order valence-corrected chi connectivity index (χ3v) is 4.83. The number of carbonyl (C=O) groups excluding carboxylic acids is 1. The zero-order valence-corrected chi connectivity index (χ0v) is 16.3. The Morgan fingerprint density at radius 2 is 1.81 bits per heavy atom. The van der Waals surface area contributed by atoms with Crippen LogP contribution in [0.5, 0.6) is 0 Å². The van der Waals surface area contributed by atoms with Crippen LogP contribution in [0.3, 0.4) is 0 Å². The molecule has 0 fully saturated rings. The second kappa shape index (κ2) is 9.39. The summed E-state index contributed by atoms with van der Waals surface area (Å²) in [5.74, 6) is 0.384. The average molecular weight is 382 g/mol. The number of hydrogen-bond donors (Lipinski definition) is 2. The number of nitrogens with one attached hydrogen (secondary N) is 2. The van der Waals surface area contributed by atoms with Gasteiger partial charge in [-0.1, -0.05) is 60.7 Å². The third kappa shape index (κ3) is 4.78. The maximum Gasteiger partial charge on any atom is 0.340 e. The molecule has 2 aromatic rings. The second-order valence-electron chi connectivity index (χ2n) is 5.91. The van der Waals surface area contributed by atoms with E-state index < -0.39 is 6.17 Å². The Balaban J connectivity index is 1.92. The molecule has 3 rings (SSSR count). The minimum absolute atomic E-state index is 0.324. The summed E-state index contributed by atoms with van der Waals surface area (Å²) in [5, 5.41) is 7.44. The van der Waals surface area contributed by atoms with Gasteiger partial charge in [-0.25, -0.2) is 9.79 Å². The molecule has 1 heterocycles. The van der Waals surface area contributed by atoms with Crippen LogP contribution in [0.2, 0.25) is 0 Å². The van der Waals surface area contributed by atoms with Crippen molar-refractivity contribution in [1.29, 1.82) is 0 Å². The van der Waals surface area contributed by atoms with Gasteiger partial charge < -0.3 is 10.1 Å². The molecule has 0 bridgehead atoms. The van der Waals surface area contributed by atoms with E-state index in [0.717, 1.165) is 22.0 Å². The third-order valence-electron chi connectivity index (χ3n) is 4.10. The molecule has 0 aliphatic carbocycles. The molecular formula is C21H23N3O2S. The Bertz CT molecular complexity index is 835. The highest BCUT2D eigenvalue weighted by atomic mass is 32.2. The normalized spacial score (nSPS) is 16.5. The number of thioether (sulfide) groups is 1. The van der Waals surface area contributed by atoms with Crippen molar-refractivity contribution in [3.8, 4) is 0 Å². The van der Waals surface area contributed by atoms with Crippen LogP contribution >= 0.6 is 11.8 Å². The average Bonchev–Trinajstić information content (AvgIpc) is 2.73. The molecule has 1 aliphatic heterocycles. The Hall–Kier alpha value is -2.57. The molecular weight excluding hydrogens is 358 g/mol. The highest BCUT2D eigenvalue weighted by Crippen LogP contribution is 2.24. The van der Waals surface area contributed by atoms with Crippen LogP contribution < -0.4 is 10.6 Å². The number of carbonyl (C=O) groups is 1. The summed E-state index contributed by atoms with van der Waals surface area (Å²) in [7, 11) is 0. The van der Waals surface area contributed by atoms with E-state index in [0.29, 0.717) is 18.7 Å². The minimum atomic E-state index is -0.483. The van der Waals surface area contributed by atoms with Gasteiger partial charge in [-0.05, 0) is 18.7 Å². The molecule has 5 nitrogen and oxygen atoms in total. The summed E-state index contributed by atoms with van der Waals surface area (Å²) in [4.78, 5) is 17.4. The van der Waals surface area contributed by atoms with Crippen LogP contribution in [0, 0.1) is 0 Å². The quantitative estimate of drug-likeness (QED) is 0.721. The molecule has 0 radical (unpaired) electrons. The minimum Gasteiger partial charge on any atom is -0.462 e. The monoisotopic (exact) mass is 381 g/mol. The smallest absolute Gasteiger partial charge is 0.340 e. The number of hydrogen-bond acceptors (Lipinski definition) is 6. The van der Waals surface area contributed by atoms with Crippen LogP contribution in [0.25, 0.3) is 0 Å². The highest BCUT2D eigenvalue weighted by Gasteiger charge is 2.30. The van der Waals surface area contributed by atoms with Crippen LogP contribution in [-0.2, 0) is 16.1 Å². The van der Waals surface area contributed by atoms with Gasteiger partial charge in [-0.2, -0.15) is 0 Å². The number of rotatable bonds is 7. The molecule has 1 aliphatic rings. The molecule has 1 unspecified atom stereocenters. The summed E-state index contributed by atoms with van der Waals surface area (Å²) >= 11 is 1.48. The molecule has 6 heteroatoms. The Labute approximate surface area is 163 Å². The summed E-state index contributed by atoms with van der Waals surface area (Å²) in [6.07, 6.45) is 1.45. The van der Waals surface area contributed by atoms with Gasteiger partial charge in [0.2, 0.25) is 0 Å². The SMILES string of the molecule is CCOC(=O)C1=C(SC)NC(c2ccccc2)=NC1NCc1ccccc1. The molecule has 0 spiro atoms. The van der Waals surface area contributed by atoms with Crippen LogP contribution in [0.4, 0.5) is 0 Å². The number of ether oxygens (including phenoxy) is 1. The lowest BCUT2D eigenvalue weighted by Gasteiger charge is -2.27. The Kier molecular flexibility index (Phi) is 6.68. The largest absolute Gasteiger partial charge is 0.462 e. The van der Waals surface area contributed by atoms with Gasteiger partial charge in [0, 0.05) is 12.1 Å². The van der Waals surface area contributed by atoms with E-state index in [2.05, 4.69) is 10.6 Å². The molecule has 0 aromatic heterocycles. The first kappa shape index (κ1) is 19.2. The van der Waals surface area contributed by atoms with Crippen LogP contribution in [0.1, 0.15) is 18.1 Å². The van der Waals surface area contributed by atoms with Crippen LogP contribution in [0.15, 0.2) is 76.3 Å². The fraction of sp³-hybridized carbons (Fsp3) is 0.238. The zero-order valence-electron chi connectivity index (χ0n) is 15.4. The van der Waals surface area contributed by atoms with Gasteiger partial charge in [0.1, 0.15) is 17.6 Å². The molecule has 2 aromatic carbocycles. The van der Waals surface area contributed by atoms with Gasteiger partial charge >= 0.3 is 5.97 Å². The Morgan fingerprint density at radius 3 is 2.44 bits per heavy atom. The predicted octanol–water partition coefficient (Wildman–Crippen LogP) is 3.29. The molecule has 27 heavy (non-hydrogen) atoms. The highest BCUT2D eigenvalue weighted by molar-refractivity contribution is 8.02.